The molecule has 1 heterocycles. The number of hydrogen-bond donors (Lipinski definition) is 0. The van der Waals surface area contributed by atoms with Crippen molar-refractivity contribution in [2.75, 3.05) is 0 Å². The highest BCUT2D eigenvalue weighted by atomic mass is 16.5. The summed E-state index contributed by atoms with van der Waals surface area (Å²) in [6, 6.07) is 8.19. The minimum Gasteiger partial charge on any atom is -0.457 e. The maximum atomic E-state index is 11.1. The molecule has 1 atom stereocenters. The Hall–Kier alpha value is -1.31. The van der Waals surface area contributed by atoms with Gasteiger partial charge in [0.25, 0.3) is 0 Å². The molecular weight excluding hydrogens is 176 g/mol. The van der Waals surface area contributed by atoms with Crippen LogP contribution in [0.4, 0.5) is 0 Å². The summed E-state index contributed by atoms with van der Waals surface area (Å²) in [5.41, 5.74) is 2.35. The Morgan fingerprint density at radius 3 is 2.64 bits per heavy atom. The molecule has 2 heteroatoms. The van der Waals surface area contributed by atoms with Crippen LogP contribution in [0.25, 0.3) is 0 Å². The van der Waals surface area contributed by atoms with E-state index >= 15 is 0 Å². The van der Waals surface area contributed by atoms with E-state index in [9.17, 15) is 4.79 Å². The topological polar surface area (TPSA) is 26.3 Å². The first-order chi connectivity index (χ1) is 6.75. The van der Waals surface area contributed by atoms with Crippen LogP contribution in [0.2, 0.25) is 0 Å². The molecular formula is C12H14O2. The Kier molecular flexibility index (Phi) is 2.53. The standard InChI is InChI=1S/C12H14O2/c1-9-5-7-10(8-6-9)11-3-2-4-12(13)14-11/h5-8,11H,2-4H2,1H3/t11-/m0/s1. The molecule has 1 saturated heterocycles. The zero-order chi connectivity index (χ0) is 9.97. The highest BCUT2D eigenvalue weighted by molar-refractivity contribution is 5.70. The molecule has 74 valence electrons. The van der Waals surface area contributed by atoms with Gasteiger partial charge in [0, 0.05) is 6.42 Å². The number of aryl methyl sites for hydroxylation is 1. The first kappa shape index (κ1) is 9.25. The van der Waals surface area contributed by atoms with Crippen molar-refractivity contribution in [1.29, 1.82) is 0 Å². The van der Waals surface area contributed by atoms with E-state index in [1.165, 1.54) is 5.56 Å². The first-order valence-electron chi connectivity index (χ1n) is 5.02. The molecule has 2 rings (SSSR count). The zero-order valence-corrected chi connectivity index (χ0v) is 8.32. The summed E-state index contributed by atoms with van der Waals surface area (Å²) in [5, 5.41) is 0. The van der Waals surface area contributed by atoms with Crippen LogP contribution in [0.15, 0.2) is 24.3 Å². The summed E-state index contributed by atoms with van der Waals surface area (Å²) in [6.45, 7) is 2.05. The van der Waals surface area contributed by atoms with Crippen LogP contribution in [0, 0.1) is 6.92 Å². The molecule has 0 bridgehead atoms. The van der Waals surface area contributed by atoms with Gasteiger partial charge in [-0.2, -0.15) is 0 Å². The second kappa shape index (κ2) is 3.82. The third-order valence-electron chi connectivity index (χ3n) is 2.57. The van der Waals surface area contributed by atoms with Gasteiger partial charge in [0.15, 0.2) is 0 Å². The molecule has 1 aliphatic rings. The molecule has 0 saturated carbocycles. The lowest BCUT2D eigenvalue weighted by Gasteiger charge is -2.22. The van der Waals surface area contributed by atoms with Crippen molar-refractivity contribution in [2.45, 2.75) is 32.3 Å². The second-order valence-electron chi connectivity index (χ2n) is 3.78. The van der Waals surface area contributed by atoms with Gasteiger partial charge >= 0.3 is 5.97 Å². The summed E-state index contributed by atoms with van der Waals surface area (Å²) in [5.74, 6) is -0.0678. The van der Waals surface area contributed by atoms with E-state index in [1.54, 1.807) is 0 Å². The van der Waals surface area contributed by atoms with E-state index in [0.29, 0.717) is 6.42 Å². The lowest BCUT2D eigenvalue weighted by atomic mass is 10.0. The van der Waals surface area contributed by atoms with Crippen molar-refractivity contribution < 1.29 is 9.53 Å². The number of esters is 1. The smallest absolute Gasteiger partial charge is 0.306 e. The van der Waals surface area contributed by atoms with Crippen molar-refractivity contribution in [3.05, 3.63) is 35.4 Å². The number of hydrogen-bond acceptors (Lipinski definition) is 2. The fourth-order valence-electron chi connectivity index (χ4n) is 1.72. The predicted octanol–water partition coefficient (Wildman–Crippen LogP) is 2.76. The van der Waals surface area contributed by atoms with E-state index in [1.807, 2.05) is 12.1 Å². The molecule has 14 heavy (non-hydrogen) atoms. The molecule has 0 N–H and O–H groups in total. The molecule has 0 aromatic heterocycles. The molecule has 1 aliphatic heterocycles. The molecule has 0 unspecified atom stereocenters. The largest absolute Gasteiger partial charge is 0.457 e. The molecule has 2 nitrogen and oxygen atoms in total. The van der Waals surface area contributed by atoms with Crippen molar-refractivity contribution in [1.82, 2.24) is 0 Å². The summed E-state index contributed by atoms with van der Waals surface area (Å²) in [7, 11) is 0. The Morgan fingerprint density at radius 1 is 1.29 bits per heavy atom. The van der Waals surface area contributed by atoms with Gasteiger partial charge in [0.05, 0.1) is 0 Å². The number of benzene rings is 1. The first-order valence-corrected chi connectivity index (χ1v) is 5.02. The van der Waals surface area contributed by atoms with Gasteiger partial charge in [-0.1, -0.05) is 29.8 Å². The van der Waals surface area contributed by atoms with Crippen LogP contribution in [-0.4, -0.2) is 5.97 Å². The van der Waals surface area contributed by atoms with Gasteiger partial charge in [-0.25, -0.2) is 0 Å². The fraction of sp³-hybridized carbons (Fsp3) is 0.417. The molecule has 0 radical (unpaired) electrons. The van der Waals surface area contributed by atoms with Crippen LogP contribution in [0.1, 0.15) is 36.5 Å². The summed E-state index contributed by atoms with van der Waals surface area (Å²) < 4.78 is 5.27. The molecule has 1 fully saturated rings. The van der Waals surface area contributed by atoms with Gasteiger partial charge in [0.2, 0.25) is 0 Å². The summed E-state index contributed by atoms with van der Waals surface area (Å²) >= 11 is 0. The highest BCUT2D eigenvalue weighted by Gasteiger charge is 2.21. The van der Waals surface area contributed by atoms with E-state index in [4.69, 9.17) is 4.74 Å². The maximum Gasteiger partial charge on any atom is 0.306 e. The average molecular weight is 190 g/mol. The van der Waals surface area contributed by atoms with Crippen LogP contribution in [0.5, 0.6) is 0 Å². The Labute approximate surface area is 83.9 Å². The molecule has 0 spiro atoms. The van der Waals surface area contributed by atoms with E-state index < -0.39 is 0 Å². The number of ether oxygens (including phenoxy) is 1. The minimum absolute atomic E-state index is 0.0168. The predicted molar refractivity (Wildman–Crippen MR) is 53.9 cm³/mol. The van der Waals surface area contributed by atoms with Gasteiger partial charge in [-0.05, 0) is 25.3 Å². The van der Waals surface area contributed by atoms with Gasteiger partial charge in [-0.15, -0.1) is 0 Å². The quantitative estimate of drug-likeness (QED) is 0.636. The van der Waals surface area contributed by atoms with Gasteiger partial charge < -0.3 is 4.74 Å². The SMILES string of the molecule is Cc1ccc([C@@H]2CCCC(=O)O2)cc1. The fourth-order valence-corrected chi connectivity index (χ4v) is 1.72. The second-order valence-corrected chi connectivity index (χ2v) is 3.78. The lowest BCUT2D eigenvalue weighted by molar-refractivity contribution is -0.154. The third-order valence-corrected chi connectivity index (χ3v) is 2.57. The van der Waals surface area contributed by atoms with Crippen molar-refractivity contribution in [3.8, 4) is 0 Å². The van der Waals surface area contributed by atoms with Crippen molar-refractivity contribution in [3.63, 3.8) is 0 Å². The van der Waals surface area contributed by atoms with Gasteiger partial charge in [-0.3, -0.25) is 4.79 Å². The molecule has 1 aromatic carbocycles. The van der Waals surface area contributed by atoms with E-state index in [2.05, 4.69) is 19.1 Å². The number of carbonyl (C=O) groups excluding carboxylic acids is 1. The van der Waals surface area contributed by atoms with E-state index in [0.717, 1.165) is 18.4 Å². The normalized spacial score (nSPS) is 21.8. The highest BCUT2D eigenvalue weighted by Crippen LogP contribution is 2.28. The lowest BCUT2D eigenvalue weighted by Crippen LogP contribution is -2.16. The third kappa shape index (κ3) is 1.95. The Balaban J connectivity index is 2.14. The van der Waals surface area contributed by atoms with Crippen LogP contribution >= 0.6 is 0 Å². The van der Waals surface area contributed by atoms with Crippen molar-refractivity contribution >= 4 is 5.97 Å². The Bertz CT molecular complexity index is 327. The zero-order valence-electron chi connectivity index (χ0n) is 8.32. The van der Waals surface area contributed by atoms with Crippen LogP contribution < -0.4 is 0 Å². The van der Waals surface area contributed by atoms with Crippen LogP contribution in [-0.2, 0) is 9.53 Å². The van der Waals surface area contributed by atoms with Crippen molar-refractivity contribution in [2.24, 2.45) is 0 Å². The monoisotopic (exact) mass is 190 g/mol. The number of carbonyl (C=O) groups is 1. The average Bonchev–Trinajstić information content (AvgIpc) is 2.19. The molecule has 1 aromatic rings. The molecule has 0 amide bonds. The molecule has 0 aliphatic carbocycles. The van der Waals surface area contributed by atoms with Gasteiger partial charge in [0.1, 0.15) is 6.10 Å². The summed E-state index contributed by atoms with van der Waals surface area (Å²) in [6.07, 6.45) is 2.45. The minimum atomic E-state index is -0.0678. The summed E-state index contributed by atoms with van der Waals surface area (Å²) in [4.78, 5) is 11.1. The maximum absolute atomic E-state index is 11.1. The Morgan fingerprint density at radius 2 is 2.00 bits per heavy atom. The van der Waals surface area contributed by atoms with E-state index in [-0.39, 0.29) is 12.1 Å². The number of rotatable bonds is 1. The van der Waals surface area contributed by atoms with Crippen LogP contribution in [0.3, 0.4) is 0 Å². The number of cyclic esters (lactones) is 1.